The smallest absolute Gasteiger partial charge is 0.323 e. The first-order valence-corrected chi connectivity index (χ1v) is 23.1. The van der Waals surface area contributed by atoms with Crippen LogP contribution < -0.4 is 20.5 Å². The molecule has 60 heavy (non-hydrogen) atoms. The molecule has 4 fully saturated rings. The lowest BCUT2D eigenvalue weighted by Gasteiger charge is -2.37. The second kappa shape index (κ2) is 17.0. The molecule has 0 bridgehead atoms. The van der Waals surface area contributed by atoms with Crippen LogP contribution in [0.4, 0.5) is 0 Å². The molecule has 3 aliphatic heterocycles. The molecular weight excluding hydrogens is 782 g/mol. The maximum absolute atomic E-state index is 14.5. The molecule has 4 aromatic rings. The fourth-order valence-electron chi connectivity index (χ4n) is 9.47. The molecule has 1 aliphatic carbocycles. The van der Waals surface area contributed by atoms with Crippen molar-refractivity contribution >= 4 is 42.0 Å². The van der Waals surface area contributed by atoms with Crippen molar-refractivity contribution in [3.63, 3.8) is 0 Å². The average Bonchev–Trinajstić information content (AvgIpc) is 3.70. The number of para-hydroxylation sites is 1. The van der Waals surface area contributed by atoms with Gasteiger partial charge in [0, 0.05) is 41.9 Å². The molecule has 14 heteroatoms. The number of hydrogen-bond donors (Lipinski definition) is 3. The molecule has 1 unspecified atom stereocenters. The lowest BCUT2D eigenvalue weighted by atomic mass is 9.96. The zero-order valence-corrected chi connectivity index (χ0v) is 35.3. The van der Waals surface area contributed by atoms with E-state index in [1.165, 1.54) is 0 Å². The molecule has 13 nitrogen and oxygen atoms in total. The SMILES string of the molecule is CC(C)OC(=O)[C@H](C)NP(=O)(Cc1ccc2ccc(C(=O)N[C@H]3CCCC[C@H]4CC[C@@H](C(=O)N5C[C@H](c6cc[nH]c(=O)c6)CC56CC6)N4C3=O)cc2c1)Oc1ccccc1. The number of carbonyl (C=O) groups is 4. The number of nitrogens with one attached hydrogen (secondary N) is 3. The molecule has 3 N–H and O–H groups in total. The van der Waals surface area contributed by atoms with Gasteiger partial charge in [0.2, 0.25) is 17.4 Å². The van der Waals surface area contributed by atoms with E-state index in [0.717, 1.165) is 61.3 Å². The van der Waals surface area contributed by atoms with Crippen molar-refractivity contribution in [3.8, 4) is 5.75 Å². The Labute approximate surface area is 350 Å². The quantitative estimate of drug-likeness (QED) is 0.103. The second-order valence-corrected chi connectivity index (χ2v) is 19.4. The molecular formula is C46H54N5O8P. The normalized spacial score (nSPS) is 23.7. The van der Waals surface area contributed by atoms with Crippen molar-refractivity contribution in [2.24, 2.45) is 0 Å². The highest BCUT2D eigenvalue weighted by atomic mass is 31.2. The molecule has 1 spiro atoms. The average molecular weight is 836 g/mol. The molecule has 1 aromatic heterocycles. The van der Waals surface area contributed by atoms with E-state index < -0.39 is 37.5 Å². The maximum Gasteiger partial charge on any atom is 0.323 e. The number of pyridine rings is 1. The van der Waals surface area contributed by atoms with Gasteiger partial charge in [-0.1, -0.05) is 55.3 Å². The number of benzene rings is 3. The highest BCUT2D eigenvalue weighted by Gasteiger charge is 2.58. The van der Waals surface area contributed by atoms with Crippen molar-refractivity contribution in [3.05, 3.63) is 112 Å². The summed E-state index contributed by atoms with van der Waals surface area (Å²) in [4.78, 5) is 74.2. The topological polar surface area (TPSA) is 167 Å². The Morgan fingerprint density at radius 1 is 0.900 bits per heavy atom. The van der Waals surface area contributed by atoms with Crippen LogP contribution in [-0.4, -0.2) is 80.8 Å². The first-order valence-electron chi connectivity index (χ1n) is 21.3. The molecule has 0 radical (unpaired) electrons. The summed E-state index contributed by atoms with van der Waals surface area (Å²) in [5, 5.41) is 7.54. The molecule has 4 heterocycles. The molecule has 1 saturated carbocycles. The Kier molecular flexibility index (Phi) is 11.8. The van der Waals surface area contributed by atoms with Crippen molar-refractivity contribution in [1.29, 1.82) is 0 Å². The number of nitrogens with zero attached hydrogens (tertiary/aromatic N) is 2. The van der Waals surface area contributed by atoms with E-state index in [4.69, 9.17) is 9.26 Å². The van der Waals surface area contributed by atoms with E-state index in [9.17, 15) is 28.5 Å². The number of H-pyrrole nitrogens is 1. The number of amides is 3. The second-order valence-electron chi connectivity index (χ2n) is 17.3. The minimum absolute atomic E-state index is 0.0227. The number of rotatable bonds is 12. The van der Waals surface area contributed by atoms with Crippen LogP contribution in [0.1, 0.15) is 106 Å². The number of esters is 1. The summed E-state index contributed by atoms with van der Waals surface area (Å²) in [6.45, 7) is 5.60. The van der Waals surface area contributed by atoms with Crippen LogP contribution >= 0.6 is 7.52 Å². The Bertz CT molecular complexity index is 2380. The van der Waals surface area contributed by atoms with Crippen LogP contribution in [0, 0.1) is 0 Å². The predicted octanol–water partition coefficient (Wildman–Crippen LogP) is 6.81. The molecule has 3 aromatic carbocycles. The van der Waals surface area contributed by atoms with Gasteiger partial charge in [-0.3, -0.25) is 28.5 Å². The van der Waals surface area contributed by atoms with Gasteiger partial charge in [0.1, 0.15) is 23.9 Å². The Balaban J connectivity index is 0.982. The minimum atomic E-state index is -3.73. The molecule has 3 saturated heterocycles. The van der Waals surface area contributed by atoms with E-state index in [2.05, 4.69) is 15.4 Å². The van der Waals surface area contributed by atoms with Gasteiger partial charge in [-0.15, -0.1) is 0 Å². The minimum Gasteiger partial charge on any atom is -0.462 e. The fraction of sp³-hybridized carbons (Fsp3) is 0.457. The first kappa shape index (κ1) is 41.5. The molecule has 8 rings (SSSR count). The summed E-state index contributed by atoms with van der Waals surface area (Å²) < 4.78 is 25.8. The van der Waals surface area contributed by atoms with E-state index in [1.54, 1.807) is 74.3 Å². The van der Waals surface area contributed by atoms with Gasteiger partial charge in [0.05, 0.1) is 12.3 Å². The Morgan fingerprint density at radius 3 is 2.42 bits per heavy atom. The van der Waals surface area contributed by atoms with Crippen molar-refractivity contribution < 1.29 is 33.0 Å². The van der Waals surface area contributed by atoms with E-state index in [-0.39, 0.29) is 47.1 Å². The van der Waals surface area contributed by atoms with Crippen LogP contribution in [0.3, 0.4) is 0 Å². The van der Waals surface area contributed by atoms with Crippen LogP contribution in [0.25, 0.3) is 10.8 Å². The maximum atomic E-state index is 14.5. The van der Waals surface area contributed by atoms with Gasteiger partial charge < -0.3 is 29.4 Å². The zero-order chi connectivity index (χ0) is 42.2. The van der Waals surface area contributed by atoms with Crippen LogP contribution in [0.15, 0.2) is 89.9 Å². The highest BCUT2D eigenvalue weighted by Crippen LogP contribution is 2.54. The summed E-state index contributed by atoms with van der Waals surface area (Å²) in [7, 11) is -3.73. The summed E-state index contributed by atoms with van der Waals surface area (Å²) in [5.41, 5.74) is 1.59. The van der Waals surface area contributed by atoms with Gasteiger partial charge in [0.15, 0.2) is 0 Å². The van der Waals surface area contributed by atoms with Crippen molar-refractivity contribution in [1.82, 2.24) is 25.2 Å². The number of aromatic amines is 1. The van der Waals surface area contributed by atoms with E-state index in [0.29, 0.717) is 36.3 Å². The molecule has 3 amide bonds. The van der Waals surface area contributed by atoms with Crippen molar-refractivity contribution in [2.75, 3.05) is 6.54 Å². The zero-order valence-electron chi connectivity index (χ0n) is 34.4. The van der Waals surface area contributed by atoms with Gasteiger partial charge in [-0.05, 0) is 118 Å². The number of hydrogen-bond acceptors (Lipinski definition) is 8. The number of fused-ring (bicyclic) bond motifs is 2. The molecule has 4 aliphatic rings. The van der Waals surface area contributed by atoms with Gasteiger partial charge in [0.25, 0.3) is 5.91 Å². The molecule has 6 atom stereocenters. The number of ether oxygens (including phenoxy) is 1. The summed E-state index contributed by atoms with van der Waals surface area (Å²) in [5.74, 6) is -0.723. The number of carbonyl (C=O) groups excluding carboxylic acids is 4. The first-order chi connectivity index (χ1) is 28.8. The third-order valence-corrected chi connectivity index (χ3v) is 14.6. The number of aromatic nitrogens is 1. The monoisotopic (exact) mass is 835 g/mol. The Hall–Kier alpha value is -5.26. The van der Waals surface area contributed by atoms with Crippen LogP contribution in [0.2, 0.25) is 0 Å². The highest BCUT2D eigenvalue weighted by molar-refractivity contribution is 7.56. The molecule has 316 valence electrons. The fourth-order valence-corrected chi connectivity index (χ4v) is 11.5. The Morgan fingerprint density at radius 2 is 1.67 bits per heavy atom. The van der Waals surface area contributed by atoms with Gasteiger partial charge in [-0.2, -0.15) is 0 Å². The summed E-state index contributed by atoms with van der Waals surface area (Å²) in [6.07, 6.45) is 8.20. The largest absolute Gasteiger partial charge is 0.462 e. The van der Waals surface area contributed by atoms with E-state index in [1.807, 2.05) is 41.3 Å². The third kappa shape index (κ3) is 8.93. The number of likely N-dealkylation sites (tertiary alicyclic amines) is 1. The van der Waals surface area contributed by atoms with E-state index >= 15 is 0 Å². The predicted molar refractivity (Wildman–Crippen MR) is 228 cm³/mol. The third-order valence-electron chi connectivity index (χ3n) is 12.5. The van der Waals surface area contributed by atoms with Gasteiger partial charge >= 0.3 is 13.5 Å². The van der Waals surface area contributed by atoms with Crippen molar-refractivity contribution in [2.45, 2.75) is 126 Å². The lowest BCUT2D eigenvalue weighted by Crippen LogP contribution is -2.57. The standard InChI is InChI=1S/C46H54N5O8P/c1-29(2)58-45(56)30(3)49-60(57,59-38-10-5-4-6-11-38)28-31-13-14-32-15-16-34(24-35(32)23-31)42(53)48-39-12-8-7-9-37-17-18-40(51(37)43(39)54)44(55)50-27-36(26-46(50)20-21-46)33-19-22-47-41(52)25-33/h4-6,10-11,13-16,19,22-25,29-30,36-37,39-40H,7-9,12,17-18,20-21,26-28H2,1-3H3,(H,47,52)(H,48,53)(H,49,57)/t30-,36+,37-,39-,40-,60?/m0/s1. The summed E-state index contributed by atoms with van der Waals surface area (Å²) in [6, 6.07) is 20.8. The van der Waals surface area contributed by atoms with Gasteiger partial charge in [-0.25, -0.2) is 5.09 Å². The lowest BCUT2D eigenvalue weighted by molar-refractivity contribution is -0.149. The van der Waals surface area contributed by atoms with Crippen LogP contribution in [0.5, 0.6) is 5.75 Å². The van der Waals surface area contributed by atoms with Crippen LogP contribution in [-0.2, 0) is 29.8 Å². The summed E-state index contributed by atoms with van der Waals surface area (Å²) >= 11 is 0.